The van der Waals surface area contributed by atoms with Gasteiger partial charge in [0, 0.05) is 18.7 Å². The number of carbonyl (C=O) groups is 4. The molecule has 0 saturated heterocycles. The van der Waals surface area contributed by atoms with Gasteiger partial charge in [-0.25, -0.2) is 8.78 Å². The summed E-state index contributed by atoms with van der Waals surface area (Å²) in [6, 6.07) is 6.48. The Morgan fingerprint density at radius 3 is 2.10 bits per heavy atom. The Kier molecular flexibility index (Phi) is 8.22. The largest absolute Gasteiger partial charge is 0.455 e. The topological polar surface area (TPSA) is 98.8 Å². The lowest BCUT2D eigenvalue weighted by Gasteiger charge is -2.26. The quantitative estimate of drug-likeness (QED) is 0.418. The van der Waals surface area contributed by atoms with Crippen molar-refractivity contribution in [1.82, 2.24) is 10.6 Å². The highest BCUT2D eigenvalue weighted by Gasteiger charge is 2.57. The molecule has 1 unspecified atom stereocenters. The van der Waals surface area contributed by atoms with Crippen LogP contribution in [0.15, 0.2) is 42.5 Å². The van der Waals surface area contributed by atoms with Crippen LogP contribution < -0.4 is 20.4 Å². The molecule has 15 heteroatoms. The number of hydrogen-bond donors (Lipinski definition) is 2. The van der Waals surface area contributed by atoms with E-state index in [1.54, 1.807) is 0 Å². The summed E-state index contributed by atoms with van der Waals surface area (Å²) in [4.78, 5) is 53.3. The molecular formula is C24H21F7N4O4. The second kappa shape index (κ2) is 10.9. The van der Waals surface area contributed by atoms with Crippen molar-refractivity contribution in [3.8, 4) is 0 Å². The van der Waals surface area contributed by atoms with Gasteiger partial charge in [-0.15, -0.1) is 0 Å². The number of halogens is 7. The number of para-hydroxylation sites is 2. The lowest BCUT2D eigenvalue weighted by molar-refractivity contribution is -0.278. The molecule has 1 aliphatic rings. The predicted molar refractivity (Wildman–Crippen MR) is 123 cm³/mol. The van der Waals surface area contributed by atoms with Gasteiger partial charge in [0.05, 0.1) is 24.5 Å². The van der Waals surface area contributed by atoms with Crippen LogP contribution >= 0.6 is 0 Å². The third-order valence-corrected chi connectivity index (χ3v) is 5.88. The Morgan fingerprint density at radius 2 is 1.54 bits per heavy atom. The minimum atomic E-state index is -5.93. The summed E-state index contributed by atoms with van der Waals surface area (Å²) >= 11 is 0. The molecule has 2 N–H and O–H groups in total. The molecule has 2 atom stereocenters. The van der Waals surface area contributed by atoms with Gasteiger partial charge in [0.15, 0.2) is 0 Å². The van der Waals surface area contributed by atoms with Crippen molar-refractivity contribution in [1.29, 1.82) is 0 Å². The molecule has 0 spiro atoms. The van der Waals surface area contributed by atoms with Gasteiger partial charge in [-0.05, 0) is 31.2 Å². The van der Waals surface area contributed by atoms with Gasteiger partial charge in [-0.2, -0.15) is 22.0 Å². The standard InChI is InChI=1S/C24H21F7N4O4/c1-12(19(36)32-11-23(27,28)24(29,30)31)20(37)33-16-10-35(21(38)13-7-14(25)9-15(26)8-13)18-6-4-3-5-17(18)34(2)22(16)39/h3-9,12,16H,10-11H2,1-2H3,(H,32,36)(H,33,37)/t12?,16-/m0/s1. The van der Waals surface area contributed by atoms with Crippen molar-refractivity contribution in [3.05, 3.63) is 59.7 Å². The van der Waals surface area contributed by atoms with E-state index in [4.69, 9.17) is 0 Å². The van der Waals surface area contributed by atoms with E-state index in [2.05, 4.69) is 5.32 Å². The Balaban J connectivity index is 1.85. The average Bonchev–Trinajstić information content (AvgIpc) is 2.95. The lowest BCUT2D eigenvalue weighted by atomic mass is 10.1. The highest BCUT2D eigenvalue weighted by Crippen LogP contribution is 2.35. The van der Waals surface area contributed by atoms with Crippen molar-refractivity contribution in [3.63, 3.8) is 0 Å². The highest BCUT2D eigenvalue weighted by atomic mass is 19.4. The fourth-order valence-corrected chi connectivity index (χ4v) is 3.69. The molecule has 0 bridgehead atoms. The molecule has 3 rings (SSSR count). The van der Waals surface area contributed by atoms with E-state index >= 15 is 0 Å². The van der Waals surface area contributed by atoms with Crippen LogP contribution in [0.3, 0.4) is 0 Å². The number of likely N-dealkylation sites (N-methyl/N-ethyl adjacent to an activating group) is 1. The fraction of sp³-hybridized carbons (Fsp3) is 0.333. The number of rotatable bonds is 6. The van der Waals surface area contributed by atoms with E-state index < -0.39 is 78.0 Å². The normalized spacial score (nSPS) is 16.7. The molecule has 0 saturated carbocycles. The summed E-state index contributed by atoms with van der Waals surface area (Å²) in [7, 11) is 1.31. The van der Waals surface area contributed by atoms with Gasteiger partial charge < -0.3 is 20.4 Å². The zero-order valence-electron chi connectivity index (χ0n) is 20.3. The SMILES string of the molecule is CC(C(=O)NCC(F)(F)C(F)(F)F)C(=O)N[C@H]1CN(C(=O)c2cc(F)cc(F)c2)c2ccccc2N(C)C1=O. The maximum Gasteiger partial charge on any atom is 0.455 e. The molecule has 1 aliphatic heterocycles. The van der Waals surface area contributed by atoms with Crippen LogP contribution in [0.1, 0.15) is 17.3 Å². The molecule has 210 valence electrons. The van der Waals surface area contributed by atoms with Gasteiger partial charge in [0.1, 0.15) is 23.6 Å². The number of alkyl halides is 5. The van der Waals surface area contributed by atoms with Gasteiger partial charge in [-0.1, -0.05) is 12.1 Å². The van der Waals surface area contributed by atoms with E-state index in [-0.39, 0.29) is 11.4 Å². The van der Waals surface area contributed by atoms with Crippen LogP contribution in [-0.2, 0) is 14.4 Å². The third-order valence-electron chi connectivity index (χ3n) is 5.88. The summed E-state index contributed by atoms with van der Waals surface area (Å²) in [6.45, 7) is -1.78. The van der Waals surface area contributed by atoms with Crippen LogP contribution in [0, 0.1) is 17.6 Å². The molecule has 39 heavy (non-hydrogen) atoms. The van der Waals surface area contributed by atoms with Gasteiger partial charge >= 0.3 is 12.1 Å². The summed E-state index contributed by atoms with van der Waals surface area (Å²) in [5, 5.41) is 3.55. The summed E-state index contributed by atoms with van der Waals surface area (Å²) in [6.07, 6.45) is -5.93. The monoisotopic (exact) mass is 562 g/mol. The van der Waals surface area contributed by atoms with Crippen LogP contribution in [0.2, 0.25) is 0 Å². The Hall–Kier alpha value is -4.17. The number of anilines is 2. The molecule has 4 amide bonds. The summed E-state index contributed by atoms with van der Waals surface area (Å²) in [5.41, 5.74) is -0.0905. The lowest BCUT2D eigenvalue weighted by Crippen LogP contribution is -2.55. The van der Waals surface area contributed by atoms with Gasteiger partial charge in [-0.3, -0.25) is 19.2 Å². The van der Waals surface area contributed by atoms with Crippen molar-refractivity contribution < 1.29 is 49.9 Å². The number of nitrogens with one attached hydrogen (secondary N) is 2. The van der Waals surface area contributed by atoms with Crippen molar-refractivity contribution in [2.75, 3.05) is 29.9 Å². The van der Waals surface area contributed by atoms with Crippen molar-refractivity contribution in [2.45, 2.75) is 25.1 Å². The number of fused-ring (bicyclic) bond motifs is 1. The van der Waals surface area contributed by atoms with E-state index in [9.17, 15) is 49.9 Å². The van der Waals surface area contributed by atoms with E-state index in [1.165, 1.54) is 36.6 Å². The second-order valence-corrected chi connectivity index (χ2v) is 8.66. The molecule has 0 fully saturated rings. The first-order chi connectivity index (χ1) is 18.0. The number of carbonyl (C=O) groups excluding carboxylic acids is 4. The average molecular weight is 562 g/mol. The molecule has 1 heterocycles. The van der Waals surface area contributed by atoms with Crippen LogP contribution in [-0.4, -0.2) is 61.9 Å². The third kappa shape index (κ3) is 6.29. The number of amides is 4. The van der Waals surface area contributed by atoms with Crippen molar-refractivity contribution in [2.24, 2.45) is 5.92 Å². The Bertz CT molecular complexity index is 1280. The Labute approximate surface area is 216 Å². The highest BCUT2D eigenvalue weighted by molar-refractivity contribution is 6.13. The van der Waals surface area contributed by atoms with Crippen LogP contribution in [0.5, 0.6) is 0 Å². The zero-order chi connectivity index (χ0) is 29.3. The summed E-state index contributed by atoms with van der Waals surface area (Å²) in [5.74, 6) is -13.6. The van der Waals surface area contributed by atoms with E-state index in [1.807, 2.05) is 0 Å². The van der Waals surface area contributed by atoms with E-state index in [0.717, 1.165) is 28.9 Å². The number of benzene rings is 2. The van der Waals surface area contributed by atoms with Gasteiger partial charge in [0.2, 0.25) is 11.8 Å². The molecule has 0 aromatic heterocycles. The smallest absolute Gasteiger partial charge is 0.349 e. The van der Waals surface area contributed by atoms with Crippen LogP contribution in [0.4, 0.5) is 42.1 Å². The molecule has 2 aromatic rings. The van der Waals surface area contributed by atoms with Crippen molar-refractivity contribution >= 4 is 35.0 Å². The molecule has 8 nitrogen and oxygen atoms in total. The fourth-order valence-electron chi connectivity index (χ4n) is 3.69. The second-order valence-electron chi connectivity index (χ2n) is 8.66. The summed E-state index contributed by atoms with van der Waals surface area (Å²) < 4.78 is 90.9. The molecule has 0 radical (unpaired) electrons. The predicted octanol–water partition coefficient (Wildman–Crippen LogP) is 3.02. The first-order valence-corrected chi connectivity index (χ1v) is 11.2. The van der Waals surface area contributed by atoms with Crippen LogP contribution in [0.25, 0.3) is 0 Å². The maximum absolute atomic E-state index is 13.8. The first kappa shape index (κ1) is 29.4. The molecular weight excluding hydrogens is 541 g/mol. The minimum absolute atomic E-state index is 0.139. The Morgan fingerprint density at radius 1 is 0.974 bits per heavy atom. The zero-order valence-corrected chi connectivity index (χ0v) is 20.3. The number of hydrogen-bond acceptors (Lipinski definition) is 4. The minimum Gasteiger partial charge on any atom is -0.349 e. The van der Waals surface area contributed by atoms with Gasteiger partial charge in [0.25, 0.3) is 11.8 Å². The number of nitrogens with zero attached hydrogens (tertiary/aromatic N) is 2. The van der Waals surface area contributed by atoms with E-state index in [0.29, 0.717) is 6.07 Å². The molecule has 2 aromatic carbocycles. The first-order valence-electron chi connectivity index (χ1n) is 11.2. The maximum atomic E-state index is 13.8. The molecule has 0 aliphatic carbocycles.